The van der Waals surface area contributed by atoms with Gasteiger partial charge in [-0.25, -0.2) is 0 Å². The molecule has 0 radical (unpaired) electrons. The lowest BCUT2D eigenvalue weighted by Crippen LogP contribution is -2.37. The topological polar surface area (TPSA) is 61.4 Å². The molecule has 0 bridgehead atoms. The molecule has 0 aromatic carbocycles. The van der Waals surface area contributed by atoms with Gasteiger partial charge in [-0.3, -0.25) is 4.79 Å². The van der Waals surface area contributed by atoms with Gasteiger partial charge in [-0.15, -0.1) is 0 Å². The summed E-state index contributed by atoms with van der Waals surface area (Å²) < 4.78 is 0. The molecule has 2 rings (SSSR count). The minimum atomic E-state index is -0.214. The molecule has 4 heteroatoms. The van der Waals surface area contributed by atoms with E-state index in [1.165, 1.54) is 19.3 Å². The Kier molecular flexibility index (Phi) is 4.80. The van der Waals surface area contributed by atoms with Crippen molar-refractivity contribution in [2.45, 2.75) is 57.1 Å². The Morgan fingerprint density at radius 1 is 1.18 bits per heavy atom. The van der Waals surface area contributed by atoms with Gasteiger partial charge in [-0.1, -0.05) is 12.8 Å². The number of hydrogen-bond acceptors (Lipinski definition) is 3. The van der Waals surface area contributed by atoms with Gasteiger partial charge in [-0.2, -0.15) is 0 Å². The second kappa shape index (κ2) is 6.36. The third-order valence-corrected chi connectivity index (χ3v) is 3.79. The highest BCUT2D eigenvalue weighted by molar-refractivity contribution is 5.76. The first-order chi connectivity index (χ1) is 8.25. The summed E-state index contributed by atoms with van der Waals surface area (Å²) in [6, 6.07) is 0.669. The van der Waals surface area contributed by atoms with Crippen LogP contribution in [-0.4, -0.2) is 36.2 Å². The molecule has 2 aliphatic rings. The highest BCUT2D eigenvalue weighted by Gasteiger charge is 2.23. The summed E-state index contributed by atoms with van der Waals surface area (Å²) in [5.74, 6) is 0.375. The molecule has 2 unspecified atom stereocenters. The summed E-state index contributed by atoms with van der Waals surface area (Å²) in [6.45, 7) is 1.42. The minimum absolute atomic E-state index is 0.107. The van der Waals surface area contributed by atoms with E-state index in [1.54, 1.807) is 0 Å². The van der Waals surface area contributed by atoms with E-state index in [-0.39, 0.29) is 17.9 Å². The smallest absolute Gasteiger partial charge is 0.221 e. The molecule has 2 atom stereocenters. The number of aliphatic hydroxyl groups excluding tert-OH is 1. The molecule has 3 N–H and O–H groups in total. The van der Waals surface area contributed by atoms with Crippen LogP contribution in [0.15, 0.2) is 0 Å². The summed E-state index contributed by atoms with van der Waals surface area (Å²) in [5, 5.41) is 16.0. The second-order valence-electron chi connectivity index (χ2n) is 5.39. The number of rotatable bonds is 6. The van der Waals surface area contributed by atoms with E-state index in [0.29, 0.717) is 19.0 Å². The average molecular weight is 240 g/mol. The van der Waals surface area contributed by atoms with Crippen LogP contribution in [0, 0.1) is 5.92 Å². The quantitative estimate of drug-likeness (QED) is 0.643. The highest BCUT2D eigenvalue weighted by Crippen LogP contribution is 2.23. The van der Waals surface area contributed by atoms with Gasteiger partial charge in [0.1, 0.15) is 0 Å². The van der Waals surface area contributed by atoms with Gasteiger partial charge in [0.05, 0.1) is 6.10 Å². The summed E-state index contributed by atoms with van der Waals surface area (Å²) in [7, 11) is 0. The van der Waals surface area contributed by atoms with Gasteiger partial charge in [0.2, 0.25) is 5.91 Å². The number of carbonyl (C=O) groups excluding carboxylic acids is 1. The Balaban J connectivity index is 1.54. The zero-order chi connectivity index (χ0) is 12.1. The van der Waals surface area contributed by atoms with Crippen molar-refractivity contribution in [3.05, 3.63) is 0 Å². The van der Waals surface area contributed by atoms with E-state index in [1.807, 2.05) is 0 Å². The van der Waals surface area contributed by atoms with Crippen LogP contribution in [0.3, 0.4) is 0 Å². The monoisotopic (exact) mass is 240 g/mol. The normalized spacial score (nSPS) is 29.0. The lowest BCUT2D eigenvalue weighted by atomic mass is 9.86. The molecular formula is C13H24N2O2. The first-order valence-electron chi connectivity index (χ1n) is 6.94. The Bertz CT molecular complexity index is 254. The molecule has 0 saturated heterocycles. The molecule has 17 heavy (non-hydrogen) atoms. The molecule has 0 aromatic heterocycles. The van der Waals surface area contributed by atoms with E-state index in [9.17, 15) is 9.90 Å². The largest absolute Gasteiger partial charge is 0.393 e. The van der Waals surface area contributed by atoms with Crippen molar-refractivity contribution in [2.24, 2.45) is 5.92 Å². The predicted octanol–water partition coefficient (Wildman–Crippen LogP) is 0.796. The summed E-state index contributed by atoms with van der Waals surface area (Å²) >= 11 is 0. The summed E-state index contributed by atoms with van der Waals surface area (Å²) in [4.78, 5) is 11.6. The van der Waals surface area contributed by atoms with Gasteiger partial charge >= 0.3 is 0 Å². The molecule has 0 spiro atoms. The van der Waals surface area contributed by atoms with E-state index in [2.05, 4.69) is 10.6 Å². The van der Waals surface area contributed by atoms with Crippen molar-refractivity contribution < 1.29 is 9.90 Å². The Morgan fingerprint density at radius 2 is 1.94 bits per heavy atom. The maximum atomic E-state index is 11.6. The van der Waals surface area contributed by atoms with E-state index in [0.717, 1.165) is 25.8 Å². The van der Waals surface area contributed by atoms with Crippen molar-refractivity contribution in [2.75, 3.05) is 13.1 Å². The van der Waals surface area contributed by atoms with Gasteiger partial charge in [0, 0.05) is 31.5 Å². The van der Waals surface area contributed by atoms with Gasteiger partial charge in [-0.05, 0) is 25.7 Å². The fourth-order valence-corrected chi connectivity index (χ4v) is 2.44. The lowest BCUT2D eigenvalue weighted by molar-refractivity contribution is -0.121. The molecule has 0 aromatic rings. The van der Waals surface area contributed by atoms with Crippen LogP contribution in [0.2, 0.25) is 0 Å². The van der Waals surface area contributed by atoms with Crippen molar-refractivity contribution in [3.63, 3.8) is 0 Å². The number of aliphatic hydroxyl groups is 1. The molecule has 1 amide bonds. The maximum absolute atomic E-state index is 11.6. The Hall–Kier alpha value is -0.610. The first-order valence-corrected chi connectivity index (χ1v) is 6.94. The fourth-order valence-electron chi connectivity index (χ4n) is 2.44. The van der Waals surface area contributed by atoms with Crippen molar-refractivity contribution in [1.29, 1.82) is 0 Å². The average Bonchev–Trinajstić information content (AvgIpc) is 3.12. The van der Waals surface area contributed by atoms with Crippen molar-refractivity contribution in [1.82, 2.24) is 10.6 Å². The van der Waals surface area contributed by atoms with E-state index in [4.69, 9.17) is 0 Å². The predicted molar refractivity (Wildman–Crippen MR) is 66.6 cm³/mol. The highest BCUT2D eigenvalue weighted by atomic mass is 16.3. The molecule has 4 nitrogen and oxygen atoms in total. The van der Waals surface area contributed by atoms with Crippen LogP contribution in [0.4, 0.5) is 0 Å². The number of carbonyl (C=O) groups is 1. The molecule has 98 valence electrons. The standard InChI is InChI=1S/C13H24N2O2/c16-12-4-2-1-3-10(12)9-15-13(17)7-8-14-11-5-6-11/h10-12,14,16H,1-9H2,(H,15,17). The van der Waals surface area contributed by atoms with E-state index >= 15 is 0 Å². The summed E-state index contributed by atoms with van der Waals surface area (Å²) in [6.07, 6.45) is 7.10. The maximum Gasteiger partial charge on any atom is 0.221 e. The Labute approximate surface area is 103 Å². The Morgan fingerprint density at radius 3 is 2.65 bits per heavy atom. The third-order valence-electron chi connectivity index (χ3n) is 3.79. The molecule has 0 heterocycles. The van der Waals surface area contributed by atoms with Crippen LogP contribution in [0.25, 0.3) is 0 Å². The third kappa shape index (κ3) is 4.64. The minimum Gasteiger partial charge on any atom is -0.393 e. The van der Waals surface area contributed by atoms with Crippen LogP contribution in [-0.2, 0) is 4.79 Å². The molecule has 0 aliphatic heterocycles. The SMILES string of the molecule is O=C(CCNC1CC1)NCC1CCCCC1O. The van der Waals surface area contributed by atoms with Crippen LogP contribution in [0.5, 0.6) is 0 Å². The number of amides is 1. The van der Waals surface area contributed by atoms with Crippen LogP contribution < -0.4 is 10.6 Å². The summed E-state index contributed by atoms with van der Waals surface area (Å²) in [5.41, 5.74) is 0. The van der Waals surface area contributed by atoms with Crippen molar-refractivity contribution in [3.8, 4) is 0 Å². The molecule has 2 aliphatic carbocycles. The van der Waals surface area contributed by atoms with Gasteiger partial charge in [0.25, 0.3) is 0 Å². The number of hydrogen-bond donors (Lipinski definition) is 3. The van der Waals surface area contributed by atoms with Crippen molar-refractivity contribution >= 4 is 5.91 Å². The van der Waals surface area contributed by atoms with Gasteiger partial charge in [0.15, 0.2) is 0 Å². The fraction of sp³-hybridized carbons (Fsp3) is 0.923. The zero-order valence-corrected chi connectivity index (χ0v) is 10.5. The molecule has 2 fully saturated rings. The van der Waals surface area contributed by atoms with Crippen LogP contribution >= 0.6 is 0 Å². The first kappa shape index (κ1) is 12.8. The lowest BCUT2D eigenvalue weighted by Gasteiger charge is -2.27. The molecule has 2 saturated carbocycles. The van der Waals surface area contributed by atoms with Crippen LogP contribution in [0.1, 0.15) is 44.9 Å². The zero-order valence-electron chi connectivity index (χ0n) is 10.5. The van der Waals surface area contributed by atoms with Gasteiger partial charge < -0.3 is 15.7 Å². The second-order valence-corrected chi connectivity index (χ2v) is 5.39. The van der Waals surface area contributed by atoms with E-state index < -0.39 is 0 Å². The molecular weight excluding hydrogens is 216 g/mol. The number of nitrogens with one attached hydrogen (secondary N) is 2.